The number of benzene rings is 2. The topological polar surface area (TPSA) is 114 Å². The molecule has 1 aliphatic rings. The molecule has 3 rings (SSSR count). The Bertz CT molecular complexity index is 963. The van der Waals surface area contributed by atoms with E-state index in [1.807, 2.05) is 18.2 Å². The van der Waals surface area contributed by atoms with Crippen molar-refractivity contribution in [1.29, 1.82) is 0 Å². The number of amides is 3. The van der Waals surface area contributed by atoms with Gasteiger partial charge in [-0.1, -0.05) is 18.2 Å². The maximum atomic E-state index is 12.1. The Morgan fingerprint density at radius 2 is 1.79 bits per heavy atom. The molecule has 3 amide bonds. The molecule has 29 heavy (non-hydrogen) atoms. The molecule has 1 aliphatic heterocycles. The highest BCUT2D eigenvalue weighted by molar-refractivity contribution is 8.01. The zero-order valence-corrected chi connectivity index (χ0v) is 16.4. The monoisotopic (exact) mass is 413 g/mol. The zero-order valence-electron chi connectivity index (χ0n) is 15.6. The number of rotatable bonds is 6. The third kappa shape index (κ3) is 5.82. The summed E-state index contributed by atoms with van der Waals surface area (Å²) < 4.78 is 5.00. The zero-order chi connectivity index (χ0) is 20.8. The van der Waals surface area contributed by atoms with Crippen LogP contribution < -0.4 is 16.0 Å². The first kappa shape index (κ1) is 20.4. The van der Waals surface area contributed by atoms with Gasteiger partial charge in [-0.15, -0.1) is 11.8 Å². The van der Waals surface area contributed by atoms with Gasteiger partial charge in [-0.05, 0) is 30.3 Å². The fraction of sp³-hybridized carbons (Fsp3) is 0.200. The average Bonchev–Trinajstić information content (AvgIpc) is 2.67. The Morgan fingerprint density at radius 3 is 2.55 bits per heavy atom. The summed E-state index contributed by atoms with van der Waals surface area (Å²) in [5.41, 5.74) is 1.71. The van der Waals surface area contributed by atoms with E-state index in [1.54, 1.807) is 30.3 Å². The first-order valence-corrected chi connectivity index (χ1v) is 9.68. The van der Waals surface area contributed by atoms with Crippen LogP contribution in [0.4, 0.5) is 17.1 Å². The number of hydrogen-bond acceptors (Lipinski definition) is 6. The van der Waals surface area contributed by atoms with Gasteiger partial charge >= 0.3 is 5.97 Å². The van der Waals surface area contributed by atoms with Crippen molar-refractivity contribution in [2.45, 2.75) is 23.5 Å². The van der Waals surface area contributed by atoms with Crippen molar-refractivity contribution in [3.05, 3.63) is 48.5 Å². The number of hydrogen-bond donors (Lipinski definition) is 3. The summed E-state index contributed by atoms with van der Waals surface area (Å²) in [5.74, 6) is -1.66. The maximum absolute atomic E-state index is 12.1. The van der Waals surface area contributed by atoms with Crippen LogP contribution in [-0.2, 0) is 23.9 Å². The highest BCUT2D eigenvalue weighted by Crippen LogP contribution is 2.36. The molecule has 2 aromatic rings. The minimum atomic E-state index is -0.640. The van der Waals surface area contributed by atoms with E-state index in [4.69, 9.17) is 4.74 Å². The van der Waals surface area contributed by atoms with Gasteiger partial charge in [0, 0.05) is 23.2 Å². The van der Waals surface area contributed by atoms with E-state index in [-0.39, 0.29) is 18.2 Å². The second-order valence-electron chi connectivity index (χ2n) is 6.27. The van der Waals surface area contributed by atoms with E-state index < -0.39 is 23.7 Å². The van der Waals surface area contributed by atoms with Crippen LogP contribution in [-0.4, -0.2) is 35.5 Å². The van der Waals surface area contributed by atoms with E-state index in [2.05, 4.69) is 16.0 Å². The molecule has 8 nitrogen and oxygen atoms in total. The van der Waals surface area contributed by atoms with Crippen molar-refractivity contribution in [3.63, 3.8) is 0 Å². The Hall–Kier alpha value is -3.33. The Kier molecular flexibility index (Phi) is 6.50. The standard InChI is InChI=1S/C20H19N3O5S/c1-12(24)21-13-5-4-6-14(9-13)22-18(25)11-28-19(26)10-17-20(27)23-15-7-2-3-8-16(15)29-17/h2-9,17H,10-11H2,1H3,(H,21,24)(H,22,25)(H,23,27)/t17-/m1/s1. The van der Waals surface area contributed by atoms with Crippen molar-refractivity contribution < 1.29 is 23.9 Å². The summed E-state index contributed by atoms with van der Waals surface area (Å²) in [4.78, 5) is 48.2. The van der Waals surface area contributed by atoms with Crippen LogP contribution in [0.5, 0.6) is 0 Å². The van der Waals surface area contributed by atoms with Crippen LogP contribution in [0.25, 0.3) is 0 Å². The number of ether oxygens (including phenoxy) is 1. The third-order valence-corrected chi connectivity index (χ3v) is 5.16. The summed E-state index contributed by atoms with van der Waals surface area (Å²) in [7, 11) is 0. The maximum Gasteiger partial charge on any atom is 0.307 e. The second-order valence-corrected chi connectivity index (χ2v) is 7.51. The minimum Gasteiger partial charge on any atom is -0.456 e. The van der Waals surface area contributed by atoms with Crippen molar-refractivity contribution in [2.75, 3.05) is 22.6 Å². The highest BCUT2D eigenvalue weighted by Gasteiger charge is 2.29. The van der Waals surface area contributed by atoms with E-state index in [0.29, 0.717) is 17.1 Å². The van der Waals surface area contributed by atoms with Crippen LogP contribution >= 0.6 is 11.8 Å². The van der Waals surface area contributed by atoms with Crippen LogP contribution in [0, 0.1) is 0 Å². The van der Waals surface area contributed by atoms with Crippen LogP contribution in [0.2, 0.25) is 0 Å². The van der Waals surface area contributed by atoms with Gasteiger partial charge in [0.15, 0.2) is 6.61 Å². The molecule has 1 atom stereocenters. The van der Waals surface area contributed by atoms with Gasteiger partial charge in [-0.2, -0.15) is 0 Å². The van der Waals surface area contributed by atoms with Crippen molar-refractivity contribution in [3.8, 4) is 0 Å². The molecular weight excluding hydrogens is 394 g/mol. The molecule has 0 spiro atoms. The van der Waals surface area contributed by atoms with Crippen LogP contribution in [0.15, 0.2) is 53.4 Å². The van der Waals surface area contributed by atoms with E-state index in [1.165, 1.54) is 18.7 Å². The molecule has 1 heterocycles. The number of para-hydroxylation sites is 1. The van der Waals surface area contributed by atoms with Crippen molar-refractivity contribution in [2.24, 2.45) is 0 Å². The fourth-order valence-electron chi connectivity index (χ4n) is 2.66. The van der Waals surface area contributed by atoms with Gasteiger partial charge in [0.1, 0.15) is 0 Å². The Balaban J connectivity index is 1.48. The lowest BCUT2D eigenvalue weighted by Gasteiger charge is -2.23. The summed E-state index contributed by atoms with van der Waals surface area (Å²) in [6, 6.07) is 13.9. The molecule has 0 fully saturated rings. The van der Waals surface area contributed by atoms with Gasteiger partial charge < -0.3 is 20.7 Å². The largest absolute Gasteiger partial charge is 0.456 e. The first-order chi connectivity index (χ1) is 13.9. The summed E-state index contributed by atoms with van der Waals surface area (Å²) >= 11 is 1.29. The number of esters is 1. The fourth-order valence-corrected chi connectivity index (χ4v) is 3.75. The van der Waals surface area contributed by atoms with Crippen molar-refractivity contribution in [1.82, 2.24) is 0 Å². The number of carbonyl (C=O) groups is 4. The van der Waals surface area contributed by atoms with Gasteiger partial charge in [-0.3, -0.25) is 19.2 Å². The lowest BCUT2D eigenvalue weighted by molar-refractivity contribution is -0.147. The van der Waals surface area contributed by atoms with Crippen LogP contribution in [0.3, 0.4) is 0 Å². The number of nitrogens with one attached hydrogen (secondary N) is 3. The lowest BCUT2D eigenvalue weighted by Crippen LogP contribution is -2.32. The number of carbonyl (C=O) groups excluding carboxylic acids is 4. The molecule has 150 valence electrons. The molecule has 2 aromatic carbocycles. The molecule has 9 heteroatoms. The predicted molar refractivity (Wildman–Crippen MR) is 110 cm³/mol. The molecule has 0 saturated heterocycles. The van der Waals surface area contributed by atoms with Crippen molar-refractivity contribution >= 4 is 52.5 Å². The first-order valence-electron chi connectivity index (χ1n) is 8.80. The summed E-state index contributed by atoms with van der Waals surface area (Å²) in [6.07, 6.45) is -0.143. The summed E-state index contributed by atoms with van der Waals surface area (Å²) in [5, 5.41) is 7.33. The lowest BCUT2D eigenvalue weighted by atomic mass is 10.2. The molecule has 0 aliphatic carbocycles. The van der Waals surface area contributed by atoms with Gasteiger partial charge in [-0.25, -0.2) is 0 Å². The second kappa shape index (κ2) is 9.24. The molecule has 0 unspecified atom stereocenters. The predicted octanol–water partition coefficient (Wildman–Crippen LogP) is 2.63. The molecular formula is C20H19N3O5S. The smallest absolute Gasteiger partial charge is 0.307 e. The van der Waals surface area contributed by atoms with Gasteiger partial charge in [0.2, 0.25) is 11.8 Å². The number of anilines is 3. The molecule has 0 saturated carbocycles. The Labute approximate surface area is 171 Å². The minimum absolute atomic E-state index is 0.143. The van der Waals surface area contributed by atoms with Gasteiger partial charge in [0.25, 0.3) is 5.91 Å². The SMILES string of the molecule is CC(=O)Nc1cccc(NC(=O)COC(=O)C[C@H]2Sc3ccccc3NC2=O)c1. The highest BCUT2D eigenvalue weighted by atomic mass is 32.2. The van der Waals surface area contributed by atoms with E-state index in [9.17, 15) is 19.2 Å². The number of fused-ring (bicyclic) bond motifs is 1. The molecule has 0 radical (unpaired) electrons. The molecule has 0 aromatic heterocycles. The van der Waals surface area contributed by atoms with E-state index in [0.717, 1.165) is 4.90 Å². The quantitative estimate of drug-likeness (QED) is 0.628. The third-order valence-electron chi connectivity index (χ3n) is 3.89. The Morgan fingerprint density at radius 1 is 1.07 bits per heavy atom. The van der Waals surface area contributed by atoms with Crippen LogP contribution in [0.1, 0.15) is 13.3 Å². The van der Waals surface area contributed by atoms with E-state index >= 15 is 0 Å². The molecule has 3 N–H and O–H groups in total. The normalized spacial score (nSPS) is 14.9. The molecule has 0 bridgehead atoms. The summed E-state index contributed by atoms with van der Waals surface area (Å²) in [6.45, 7) is 0.910. The number of thioether (sulfide) groups is 1. The van der Waals surface area contributed by atoms with Gasteiger partial charge in [0.05, 0.1) is 17.4 Å². The average molecular weight is 413 g/mol.